The maximum Gasteiger partial charge on any atom is 0.258 e. The summed E-state index contributed by atoms with van der Waals surface area (Å²) in [5, 5.41) is 0. The third kappa shape index (κ3) is 1.43. The number of hydrogen-bond acceptors (Lipinski definition) is 2. The van der Waals surface area contributed by atoms with Crippen LogP contribution < -0.4 is 10.5 Å². The van der Waals surface area contributed by atoms with Gasteiger partial charge in [0.1, 0.15) is 0 Å². The van der Waals surface area contributed by atoms with Crippen molar-refractivity contribution in [1.29, 1.82) is 0 Å². The number of carbonyl (C=O) groups excluding carboxylic acids is 1. The van der Waals surface area contributed by atoms with Crippen molar-refractivity contribution in [3.8, 4) is 5.75 Å². The molecule has 1 atom stereocenters. The Balaban J connectivity index is 2.33. The van der Waals surface area contributed by atoms with Gasteiger partial charge in [0.2, 0.25) is 0 Å². The zero-order valence-electron chi connectivity index (χ0n) is 7.50. The zero-order chi connectivity index (χ0) is 10.1. The van der Waals surface area contributed by atoms with Crippen molar-refractivity contribution in [1.82, 2.24) is 0 Å². The maximum atomic E-state index is 13.2. The Bertz CT molecular complexity index is 378. The number of carbonyl (C=O) groups is 1. The monoisotopic (exact) mass is 195 g/mol. The van der Waals surface area contributed by atoms with Gasteiger partial charge in [-0.05, 0) is 24.5 Å². The third-order valence-corrected chi connectivity index (χ3v) is 2.30. The van der Waals surface area contributed by atoms with Crippen LogP contribution in [0.1, 0.15) is 12.0 Å². The molecule has 0 aliphatic carbocycles. The van der Waals surface area contributed by atoms with E-state index in [0.717, 1.165) is 5.56 Å². The van der Waals surface area contributed by atoms with Gasteiger partial charge >= 0.3 is 0 Å². The Morgan fingerprint density at radius 3 is 3.07 bits per heavy atom. The van der Waals surface area contributed by atoms with Crippen LogP contribution in [0.5, 0.6) is 5.75 Å². The summed E-state index contributed by atoms with van der Waals surface area (Å²) in [7, 11) is 0. The van der Waals surface area contributed by atoms with Crippen molar-refractivity contribution in [2.24, 2.45) is 5.73 Å². The van der Waals surface area contributed by atoms with Gasteiger partial charge in [-0.3, -0.25) is 4.79 Å². The van der Waals surface area contributed by atoms with Gasteiger partial charge in [-0.1, -0.05) is 12.1 Å². The predicted octanol–water partition coefficient (Wildman–Crippen LogP) is 1.00. The van der Waals surface area contributed by atoms with E-state index in [1.165, 1.54) is 6.07 Å². The highest BCUT2D eigenvalue weighted by Crippen LogP contribution is 2.29. The Morgan fingerprint density at radius 2 is 2.36 bits per heavy atom. The molecule has 74 valence electrons. The highest BCUT2D eigenvalue weighted by atomic mass is 19.1. The molecule has 0 spiro atoms. The van der Waals surface area contributed by atoms with Gasteiger partial charge in [0.25, 0.3) is 5.91 Å². The second-order valence-corrected chi connectivity index (χ2v) is 3.28. The SMILES string of the molecule is NC(=O)C1CCc2cccc(F)c2O1. The molecule has 1 aliphatic rings. The number of benzene rings is 1. The quantitative estimate of drug-likeness (QED) is 0.726. The van der Waals surface area contributed by atoms with E-state index in [0.29, 0.717) is 12.8 Å². The second-order valence-electron chi connectivity index (χ2n) is 3.28. The topological polar surface area (TPSA) is 52.3 Å². The second kappa shape index (κ2) is 3.29. The van der Waals surface area contributed by atoms with E-state index in [4.69, 9.17) is 10.5 Å². The molecule has 4 heteroatoms. The molecule has 2 N–H and O–H groups in total. The molecule has 0 fully saturated rings. The van der Waals surface area contributed by atoms with Crippen molar-refractivity contribution in [2.45, 2.75) is 18.9 Å². The number of amides is 1. The fourth-order valence-corrected chi connectivity index (χ4v) is 1.57. The van der Waals surface area contributed by atoms with Crippen LogP contribution in [0.15, 0.2) is 18.2 Å². The standard InChI is InChI=1S/C10H10FNO2/c11-7-3-1-2-6-4-5-8(10(12)13)14-9(6)7/h1-3,8H,4-5H2,(H2,12,13). The minimum Gasteiger partial charge on any atom is -0.477 e. The molecule has 1 heterocycles. The summed E-state index contributed by atoms with van der Waals surface area (Å²) in [5.41, 5.74) is 5.88. The van der Waals surface area contributed by atoms with Crippen molar-refractivity contribution in [3.05, 3.63) is 29.6 Å². The maximum absolute atomic E-state index is 13.2. The zero-order valence-corrected chi connectivity index (χ0v) is 7.50. The minimum atomic E-state index is -0.695. The molecule has 0 saturated heterocycles. The minimum absolute atomic E-state index is 0.169. The number of hydrogen-bond donors (Lipinski definition) is 1. The Hall–Kier alpha value is -1.58. The molecular formula is C10H10FNO2. The summed E-state index contributed by atoms with van der Waals surface area (Å²) >= 11 is 0. The average molecular weight is 195 g/mol. The van der Waals surface area contributed by atoms with Crippen LogP contribution in [0, 0.1) is 5.82 Å². The molecule has 1 unspecified atom stereocenters. The molecule has 0 radical (unpaired) electrons. The molecule has 1 amide bonds. The highest BCUT2D eigenvalue weighted by molar-refractivity contribution is 5.79. The molecule has 1 aliphatic heterocycles. The van der Waals surface area contributed by atoms with Crippen molar-refractivity contribution >= 4 is 5.91 Å². The molecule has 0 bridgehead atoms. The number of para-hydroxylation sites is 1. The van der Waals surface area contributed by atoms with E-state index in [1.807, 2.05) is 0 Å². The first-order valence-electron chi connectivity index (χ1n) is 4.42. The van der Waals surface area contributed by atoms with Gasteiger partial charge < -0.3 is 10.5 Å². The number of ether oxygens (including phenoxy) is 1. The summed E-state index contributed by atoms with van der Waals surface area (Å²) < 4.78 is 18.4. The van der Waals surface area contributed by atoms with Gasteiger partial charge in [-0.15, -0.1) is 0 Å². The summed E-state index contributed by atoms with van der Waals surface area (Å²) in [5.74, 6) is -0.810. The van der Waals surface area contributed by atoms with Crippen molar-refractivity contribution in [3.63, 3.8) is 0 Å². The Labute approximate surface area is 80.7 Å². The van der Waals surface area contributed by atoms with Crippen LogP contribution >= 0.6 is 0 Å². The van der Waals surface area contributed by atoms with Crippen LogP contribution in [0.4, 0.5) is 4.39 Å². The molecule has 1 aromatic carbocycles. The van der Waals surface area contributed by atoms with E-state index in [2.05, 4.69) is 0 Å². The summed E-state index contributed by atoms with van der Waals surface area (Å²) in [6.45, 7) is 0. The number of aryl methyl sites for hydroxylation is 1. The molecule has 0 saturated carbocycles. The van der Waals surface area contributed by atoms with Gasteiger partial charge in [0.05, 0.1) is 0 Å². The smallest absolute Gasteiger partial charge is 0.258 e. The van der Waals surface area contributed by atoms with E-state index >= 15 is 0 Å². The van der Waals surface area contributed by atoms with E-state index in [-0.39, 0.29) is 5.75 Å². The van der Waals surface area contributed by atoms with Gasteiger partial charge in [0, 0.05) is 0 Å². The van der Waals surface area contributed by atoms with Crippen LogP contribution in [0.3, 0.4) is 0 Å². The lowest BCUT2D eigenvalue weighted by atomic mass is 10.0. The number of rotatable bonds is 1. The normalized spacial score (nSPS) is 19.6. The average Bonchev–Trinajstić information content (AvgIpc) is 2.18. The first-order valence-corrected chi connectivity index (χ1v) is 4.42. The lowest BCUT2D eigenvalue weighted by Crippen LogP contribution is -2.36. The fraction of sp³-hybridized carbons (Fsp3) is 0.300. The molecule has 0 aromatic heterocycles. The number of fused-ring (bicyclic) bond motifs is 1. The van der Waals surface area contributed by atoms with Crippen LogP contribution in [-0.2, 0) is 11.2 Å². The number of halogens is 1. The molecule has 1 aromatic rings. The molecule has 2 rings (SSSR count). The molecule has 14 heavy (non-hydrogen) atoms. The summed E-state index contributed by atoms with van der Waals surface area (Å²) in [4.78, 5) is 10.9. The molecule has 3 nitrogen and oxygen atoms in total. The largest absolute Gasteiger partial charge is 0.477 e. The van der Waals surface area contributed by atoms with Crippen LogP contribution in [0.2, 0.25) is 0 Å². The Morgan fingerprint density at radius 1 is 1.57 bits per heavy atom. The lowest BCUT2D eigenvalue weighted by Gasteiger charge is -2.23. The predicted molar refractivity (Wildman–Crippen MR) is 48.3 cm³/mol. The van der Waals surface area contributed by atoms with Crippen molar-refractivity contribution < 1.29 is 13.9 Å². The van der Waals surface area contributed by atoms with E-state index in [1.54, 1.807) is 12.1 Å². The summed E-state index contributed by atoms with van der Waals surface area (Å²) in [6, 6.07) is 4.72. The first-order chi connectivity index (χ1) is 6.68. The van der Waals surface area contributed by atoms with Crippen LogP contribution in [0.25, 0.3) is 0 Å². The molecular weight excluding hydrogens is 185 g/mol. The first kappa shape index (κ1) is 8.99. The van der Waals surface area contributed by atoms with Gasteiger partial charge in [-0.25, -0.2) is 4.39 Å². The van der Waals surface area contributed by atoms with E-state index in [9.17, 15) is 9.18 Å². The van der Waals surface area contributed by atoms with E-state index < -0.39 is 17.8 Å². The summed E-state index contributed by atoms with van der Waals surface area (Å²) in [6.07, 6.45) is 0.450. The van der Waals surface area contributed by atoms with Crippen LogP contribution in [-0.4, -0.2) is 12.0 Å². The number of nitrogens with two attached hydrogens (primary N) is 1. The fourth-order valence-electron chi connectivity index (χ4n) is 1.57. The Kier molecular flexibility index (Phi) is 2.11. The van der Waals surface area contributed by atoms with Gasteiger partial charge in [0.15, 0.2) is 17.7 Å². The highest BCUT2D eigenvalue weighted by Gasteiger charge is 2.25. The van der Waals surface area contributed by atoms with Gasteiger partial charge in [-0.2, -0.15) is 0 Å². The number of primary amides is 1. The third-order valence-electron chi connectivity index (χ3n) is 2.30. The lowest BCUT2D eigenvalue weighted by molar-refractivity contribution is -0.125. The van der Waals surface area contributed by atoms with Crippen molar-refractivity contribution in [2.75, 3.05) is 0 Å².